The smallest absolute Gasteiger partial charge is 0.257 e. The van der Waals surface area contributed by atoms with Gasteiger partial charge in [0.15, 0.2) is 5.65 Å². The maximum absolute atomic E-state index is 12.9. The fraction of sp³-hybridized carbons (Fsp3) is 0.333. The van der Waals surface area contributed by atoms with Crippen molar-refractivity contribution in [1.29, 1.82) is 0 Å². The van der Waals surface area contributed by atoms with Crippen LogP contribution in [-0.2, 0) is 4.74 Å². The molecule has 158 valence electrons. The Morgan fingerprint density at radius 3 is 3.03 bits per heavy atom. The molecule has 3 N–H and O–H groups in total. The summed E-state index contributed by atoms with van der Waals surface area (Å²) in [5.41, 5.74) is 2.72. The van der Waals surface area contributed by atoms with Gasteiger partial charge in [-0.2, -0.15) is 9.61 Å². The summed E-state index contributed by atoms with van der Waals surface area (Å²) < 4.78 is 12.7. The van der Waals surface area contributed by atoms with Crippen molar-refractivity contribution in [2.24, 2.45) is 5.92 Å². The van der Waals surface area contributed by atoms with Gasteiger partial charge >= 0.3 is 0 Å². The molecule has 10 heteroatoms. The van der Waals surface area contributed by atoms with Crippen LogP contribution in [0.4, 0.5) is 17.3 Å². The predicted molar refractivity (Wildman–Crippen MR) is 112 cm³/mol. The van der Waals surface area contributed by atoms with Crippen LogP contribution in [0.2, 0.25) is 0 Å². The Labute approximate surface area is 177 Å². The highest BCUT2D eigenvalue weighted by Gasteiger charge is 2.49. The summed E-state index contributed by atoms with van der Waals surface area (Å²) in [5, 5.41) is 13.8. The van der Waals surface area contributed by atoms with Crippen molar-refractivity contribution in [3.05, 3.63) is 48.0 Å². The highest BCUT2D eigenvalue weighted by molar-refractivity contribution is 6.00. The number of amides is 1. The summed E-state index contributed by atoms with van der Waals surface area (Å²) in [6.07, 6.45) is 7.29. The van der Waals surface area contributed by atoms with Gasteiger partial charge in [-0.3, -0.25) is 4.79 Å². The summed E-state index contributed by atoms with van der Waals surface area (Å²) in [5.74, 6) is 1.87. The Bertz CT molecular complexity index is 1220. The zero-order chi connectivity index (χ0) is 20.9. The average molecular weight is 419 g/mol. The van der Waals surface area contributed by atoms with E-state index < -0.39 is 0 Å². The minimum absolute atomic E-state index is 0.0406. The number of pyridine rings is 1. The SMILES string of the molecule is CNc1cc(Nc2cccnc2OC2CC2)nc2c(C(=O)NC3C4=COC[C@H]43)cnn12. The summed E-state index contributed by atoms with van der Waals surface area (Å²) in [7, 11) is 1.80. The molecule has 3 aliphatic rings. The normalized spacial score (nSPS) is 21.1. The topological polar surface area (TPSA) is 115 Å². The molecule has 0 saturated heterocycles. The van der Waals surface area contributed by atoms with E-state index in [1.807, 2.05) is 18.2 Å². The Hall–Kier alpha value is -3.82. The first kappa shape index (κ1) is 18.0. The van der Waals surface area contributed by atoms with Crippen molar-refractivity contribution in [3.8, 4) is 5.88 Å². The predicted octanol–water partition coefficient (Wildman–Crippen LogP) is 2.09. The fourth-order valence-corrected chi connectivity index (χ4v) is 3.77. The molecular formula is C21H21N7O3. The number of nitrogens with zero attached hydrogens (tertiary/aromatic N) is 4. The Kier molecular flexibility index (Phi) is 3.98. The van der Waals surface area contributed by atoms with Crippen LogP contribution in [0.15, 0.2) is 42.4 Å². The number of rotatable bonds is 7. The highest BCUT2D eigenvalue weighted by Crippen LogP contribution is 2.42. The van der Waals surface area contributed by atoms with Crippen LogP contribution in [0, 0.1) is 5.92 Å². The molecule has 3 aromatic rings. The quantitative estimate of drug-likeness (QED) is 0.533. The van der Waals surface area contributed by atoms with E-state index in [1.54, 1.807) is 24.0 Å². The van der Waals surface area contributed by atoms with Crippen LogP contribution in [0.25, 0.3) is 5.65 Å². The van der Waals surface area contributed by atoms with Gasteiger partial charge in [0, 0.05) is 25.2 Å². The van der Waals surface area contributed by atoms with E-state index in [0.29, 0.717) is 41.3 Å². The maximum atomic E-state index is 12.9. The molecule has 6 rings (SSSR count). The van der Waals surface area contributed by atoms with E-state index >= 15 is 0 Å². The summed E-state index contributed by atoms with van der Waals surface area (Å²) >= 11 is 0. The third-order valence-corrected chi connectivity index (χ3v) is 5.67. The molecule has 1 unspecified atom stereocenters. The average Bonchev–Trinajstić information content (AvgIpc) is 3.58. The van der Waals surface area contributed by atoms with Gasteiger partial charge in [-0.15, -0.1) is 0 Å². The van der Waals surface area contributed by atoms with E-state index in [2.05, 4.69) is 31.0 Å². The zero-order valence-electron chi connectivity index (χ0n) is 16.8. The summed E-state index contributed by atoms with van der Waals surface area (Å²) in [4.78, 5) is 21.9. The first-order valence-corrected chi connectivity index (χ1v) is 10.3. The molecule has 1 amide bonds. The maximum Gasteiger partial charge on any atom is 0.257 e. The molecule has 3 aromatic heterocycles. The molecule has 2 aliphatic carbocycles. The third kappa shape index (κ3) is 3.20. The van der Waals surface area contributed by atoms with Crippen LogP contribution in [0.5, 0.6) is 5.88 Å². The lowest BCUT2D eigenvalue weighted by Crippen LogP contribution is -2.28. The molecule has 0 spiro atoms. The van der Waals surface area contributed by atoms with E-state index in [1.165, 1.54) is 6.20 Å². The van der Waals surface area contributed by atoms with Crippen LogP contribution >= 0.6 is 0 Å². The fourth-order valence-electron chi connectivity index (χ4n) is 3.77. The Morgan fingerprint density at radius 1 is 1.35 bits per heavy atom. The van der Waals surface area contributed by atoms with Gasteiger partial charge in [0.2, 0.25) is 5.88 Å². The summed E-state index contributed by atoms with van der Waals surface area (Å²) in [6, 6.07) is 5.59. The van der Waals surface area contributed by atoms with Crippen LogP contribution in [0.1, 0.15) is 23.2 Å². The number of aromatic nitrogens is 4. The van der Waals surface area contributed by atoms with Crippen LogP contribution < -0.4 is 20.7 Å². The van der Waals surface area contributed by atoms with Crippen molar-refractivity contribution in [2.45, 2.75) is 25.0 Å². The lowest BCUT2D eigenvalue weighted by atomic mass is 10.3. The monoisotopic (exact) mass is 419 g/mol. The molecule has 2 fully saturated rings. The molecule has 2 atom stereocenters. The number of anilines is 3. The standard InChI is InChI=1S/C21H21N7O3/c1-22-17-7-16(25-15-3-2-6-23-21(15)31-11-4-5-11)26-19-12(8-24-28(17)19)20(29)27-18-13-9-30-10-14(13)18/h2-3,6-9,11,14,18,22H,4-5,10H2,1H3,(H,25,26)(H,27,29)/t14-,18?/m1/s1. The Balaban J connectivity index is 1.31. The lowest BCUT2D eigenvalue weighted by molar-refractivity contribution is 0.0947. The largest absolute Gasteiger partial charge is 0.500 e. The van der Waals surface area contributed by atoms with Gasteiger partial charge in [-0.1, -0.05) is 0 Å². The van der Waals surface area contributed by atoms with Gasteiger partial charge in [0.25, 0.3) is 5.91 Å². The van der Waals surface area contributed by atoms with Gasteiger partial charge in [0.1, 0.15) is 29.0 Å². The molecule has 0 bridgehead atoms. The van der Waals surface area contributed by atoms with Crippen molar-refractivity contribution >= 4 is 28.9 Å². The summed E-state index contributed by atoms with van der Waals surface area (Å²) in [6.45, 7) is 0.627. The molecular weight excluding hydrogens is 398 g/mol. The third-order valence-electron chi connectivity index (χ3n) is 5.67. The molecule has 31 heavy (non-hydrogen) atoms. The lowest BCUT2D eigenvalue weighted by Gasteiger charge is -2.13. The van der Waals surface area contributed by atoms with Crippen LogP contribution in [-0.4, -0.2) is 51.3 Å². The number of hydrogen-bond donors (Lipinski definition) is 3. The molecule has 1 aliphatic heterocycles. The zero-order valence-corrected chi connectivity index (χ0v) is 16.8. The molecule has 10 nitrogen and oxygen atoms in total. The minimum Gasteiger partial charge on any atom is -0.500 e. The number of carbonyl (C=O) groups is 1. The van der Waals surface area contributed by atoms with E-state index in [0.717, 1.165) is 24.1 Å². The molecule has 0 radical (unpaired) electrons. The van der Waals surface area contributed by atoms with Crippen molar-refractivity contribution in [3.63, 3.8) is 0 Å². The number of ether oxygens (including phenoxy) is 2. The second kappa shape index (κ2) is 6.86. The van der Waals surface area contributed by atoms with Crippen LogP contribution in [0.3, 0.4) is 0 Å². The van der Waals surface area contributed by atoms with E-state index in [-0.39, 0.29) is 18.1 Å². The van der Waals surface area contributed by atoms with Gasteiger partial charge < -0.3 is 25.4 Å². The highest BCUT2D eigenvalue weighted by atomic mass is 16.5. The molecule has 0 aromatic carbocycles. The Morgan fingerprint density at radius 2 is 2.26 bits per heavy atom. The second-order valence-corrected chi connectivity index (χ2v) is 7.88. The second-order valence-electron chi connectivity index (χ2n) is 7.88. The van der Waals surface area contributed by atoms with Gasteiger partial charge in [-0.05, 0) is 30.5 Å². The molecule has 2 saturated carbocycles. The van der Waals surface area contributed by atoms with Crippen molar-refractivity contribution in [1.82, 2.24) is 24.9 Å². The first-order valence-electron chi connectivity index (χ1n) is 10.3. The van der Waals surface area contributed by atoms with E-state index in [9.17, 15) is 4.79 Å². The number of fused-ring (bicyclic) bond motifs is 2. The van der Waals surface area contributed by atoms with Gasteiger partial charge in [-0.25, -0.2) is 9.97 Å². The number of nitrogens with one attached hydrogen (secondary N) is 3. The number of carbonyl (C=O) groups excluding carboxylic acids is 1. The van der Waals surface area contributed by atoms with E-state index in [4.69, 9.17) is 9.47 Å². The van der Waals surface area contributed by atoms with Gasteiger partial charge in [0.05, 0.1) is 25.1 Å². The first-order chi connectivity index (χ1) is 15.2. The molecule has 4 heterocycles. The van der Waals surface area contributed by atoms with Crippen molar-refractivity contribution < 1.29 is 14.3 Å². The minimum atomic E-state index is -0.207. The van der Waals surface area contributed by atoms with Crippen molar-refractivity contribution in [2.75, 3.05) is 24.3 Å². The number of hydrogen-bond acceptors (Lipinski definition) is 8.